The summed E-state index contributed by atoms with van der Waals surface area (Å²) in [5, 5.41) is 7.92. The molecule has 3 aliphatic rings. The second-order valence-electron chi connectivity index (χ2n) is 11.0. The highest BCUT2D eigenvalue weighted by Crippen LogP contribution is 2.42. The minimum absolute atomic E-state index is 0.108. The summed E-state index contributed by atoms with van der Waals surface area (Å²) in [6.45, 7) is 8.13. The first-order valence-corrected chi connectivity index (χ1v) is 15.3. The van der Waals surface area contributed by atoms with Crippen LogP contribution < -0.4 is 21.2 Å². The third-order valence-corrected chi connectivity index (χ3v) is 9.14. The third kappa shape index (κ3) is 7.31. The quantitative estimate of drug-likeness (QED) is 0.113. The first-order valence-electron chi connectivity index (χ1n) is 14.8. The average Bonchev–Trinajstić information content (AvgIpc) is 3.32. The summed E-state index contributed by atoms with van der Waals surface area (Å²) in [5.74, 6) is 1.16. The van der Waals surface area contributed by atoms with Gasteiger partial charge in [0.2, 0.25) is 0 Å². The van der Waals surface area contributed by atoms with E-state index in [4.69, 9.17) is 23.1 Å². The Kier molecular flexibility index (Phi) is 10.9. The summed E-state index contributed by atoms with van der Waals surface area (Å²) < 4.78 is 5.89. The van der Waals surface area contributed by atoms with Gasteiger partial charge in [-0.3, -0.25) is 9.79 Å². The van der Waals surface area contributed by atoms with Crippen LogP contribution in [0.25, 0.3) is 0 Å². The Morgan fingerprint density at radius 1 is 1.29 bits per heavy atom. The number of carbonyl (C=O) groups excluding carboxylic acids is 1. The number of ether oxygens (including phenoxy) is 1. The Labute approximate surface area is 249 Å². The van der Waals surface area contributed by atoms with Gasteiger partial charge in [0.05, 0.1) is 36.3 Å². The van der Waals surface area contributed by atoms with Gasteiger partial charge in [0.25, 0.3) is 5.91 Å². The van der Waals surface area contributed by atoms with Gasteiger partial charge in [-0.15, -0.1) is 0 Å². The fraction of sp³-hybridized carbons (Fsp3) is 0.500. The molecule has 9 heteroatoms. The SMILES string of the molecule is C=N/C(Nc1cccc(C2CCCCCC2S)c1OC)=C(\C=N/C1=CC2=C(CC)CC(CC)CC2NN=C1)C(N)=O. The van der Waals surface area contributed by atoms with E-state index in [2.05, 4.69) is 58.5 Å². The van der Waals surface area contributed by atoms with Crippen molar-refractivity contribution in [3.8, 4) is 5.75 Å². The van der Waals surface area contributed by atoms with E-state index in [-0.39, 0.29) is 28.6 Å². The second-order valence-corrected chi connectivity index (χ2v) is 11.7. The molecule has 0 radical (unpaired) electrons. The van der Waals surface area contributed by atoms with Crippen LogP contribution in [-0.2, 0) is 4.79 Å². The van der Waals surface area contributed by atoms with E-state index < -0.39 is 5.91 Å². The topological polar surface area (TPSA) is 113 Å². The Balaban J connectivity index is 1.67. The number of methoxy groups -OCH3 is 1. The summed E-state index contributed by atoms with van der Waals surface area (Å²) in [7, 11) is 1.65. The summed E-state index contributed by atoms with van der Waals surface area (Å²) in [4.78, 5) is 21.3. The number of aliphatic imine (C=N–C) groups is 2. The number of primary amides is 1. The maximum Gasteiger partial charge on any atom is 0.254 e. The number of nitrogens with two attached hydrogens (primary N) is 1. The zero-order chi connectivity index (χ0) is 29.4. The molecule has 1 aromatic carbocycles. The zero-order valence-corrected chi connectivity index (χ0v) is 25.4. The van der Waals surface area contributed by atoms with Crippen LogP contribution in [-0.4, -0.2) is 43.5 Å². The molecule has 1 aromatic rings. The molecule has 4 atom stereocenters. The molecule has 0 aromatic heterocycles. The highest BCUT2D eigenvalue weighted by Gasteiger charge is 2.28. The van der Waals surface area contributed by atoms with Crippen molar-refractivity contribution in [3.63, 3.8) is 0 Å². The van der Waals surface area contributed by atoms with E-state index in [1.807, 2.05) is 12.1 Å². The van der Waals surface area contributed by atoms with Gasteiger partial charge in [0, 0.05) is 17.0 Å². The first kappa shape index (κ1) is 30.6. The molecule has 4 rings (SSSR count). The number of anilines is 1. The van der Waals surface area contributed by atoms with Gasteiger partial charge in [-0.1, -0.05) is 57.2 Å². The lowest BCUT2D eigenvalue weighted by Crippen LogP contribution is -2.32. The number of allylic oxidation sites excluding steroid dienone is 2. The lowest BCUT2D eigenvalue weighted by Gasteiger charge is -2.31. The number of rotatable bonds is 10. The highest BCUT2D eigenvalue weighted by molar-refractivity contribution is 7.81. The number of carbonyl (C=O) groups is 1. The van der Waals surface area contributed by atoms with Crippen molar-refractivity contribution in [3.05, 3.63) is 58.1 Å². The van der Waals surface area contributed by atoms with Gasteiger partial charge < -0.3 is 21.2 Å². The molecule has 1 amide bonds. The number of nitrogens with one attached hydrogen (secondary N) is 2. The standard InChI is InChI=1S/C32H44N6O2S/c1-5-20-15-21(6-2)25-17-22(18-36-38-28(25)16-20)35-19-26(31(33)39)32(34-3)37-27-13-10-12-24(30(27)40-4)23-11-8-7-9-14-29(23)41/h10,12-13,17-20,23,28-29,37-38,41H,3,5-9,11,14-16H2,1-2,4H3,(H2,33,39)/b32-26-,35-19-. The van der Waals surface area contributed by atoms with Crippen LogP contribution >= 0.6 is 12.6 Å². The largest absolute Gasteiger partial charge is 0.494 e. The van der Waals surface area contributed by atoms with Crippen LogP contribution in [0.4, 0.5) is 5.69 Å². The van der Waals surface area contributed by atoms with Crippen LogP contribution in [0.1, 0.15) is 83.1 Å². The van der Waals surface area contributed by atoms with Crippen LogP contribution in [0.5, 0.6) is 5.75 Å². The van der Waals surface area contributed by atoms with Crippen LogP contribution in [0.2, 0.25) is 0 Å². The third-order valence-electron chi connectivity index (χ3n) is 8.53. The van der Waals surface area contributed by atoms with E-state index in [1.54, 1.807) is 13.3 Å². The maximum atomic E-state index is 12.6. The zero-order valence-electron chi connectivity index (χ0n) is 24.5. The lowest BCUT2D eigenvalue weighted by molar-refractivity contribution is -0.114. The van der Waals surface area contributed by atoms with Crippen molar-refractivity contribution in [2.24, 2.45) is 26.7 Å². The van der Waals surface area contributed by atoms with Gasteiger partial charge in [0.1, 0.15) is 11.6 Å². The molecule has 4 unspecified atom stereocenters. The second kappa shape index (κ2) is 14.5. The maximum absolute atomic E-state index is 12.6. The van der Waals surface area contributed by atoms with Crippen LogP contribution in [0.15, 0.2) is 67.6 Å². The molecule has 0 bridgehead atoms. The van der Waals surface area contributed by atoms with Gasteiger partial charge in [-0.2, -0.15) is 17.7 Å². The Morgan fingerprint density at radius 2 is 2.10 bits per heavy atom. The molecule has 220 valence electrons. The summed E-state index contributed by atoms with van der Waals surface area (Å²) in [6.07, 6.45) is 15.1. The predicted molar refractivity (Wildman–Crippen MR) is 173 cm³/mol. The number of thiol groups is 1. The molecule has 8 nitrogen and oxygen atoms in total. The first-order chi connectivity index (χ1) is 19.9. The molecule has 1 aliphatic heterocycles. The summed E-state index contributed by atoms with van der Waals surface area (Å²) >= 11 is 4.92. The van der Waals surface area contributed by atoms with Crippen molar-refractivity contribution in [1.29, 1.82) is 0 Å². The predicted octanol–water partition coefficient (Wildman–Crippen LogP) is 6.29. The normalized spacial score (nSPS) is 25.3. The molecule has 0 saturated heterocycles. The number of hydrogen-bond acceptors (Lipinski definition) is 8. The number of nitrogens with zero attached hydrogens (tertiary/aromatic N) is 3. The minimum atomic E-state index is -0.669. The molecule has 0 spiro atoms. The van der Waals surface area contributed by atoms with Crippen molar-refractivity contribution in [1.82, 2.24) is 5.43 Å². The Morgan fingerprint density at radius 3 is 2.80 bits per heavy atom. The van der Waals surface area contributed by atoms with E-state index in [0.717, 1.165) is 50.5 Å². The van der Waals surface area contributed by atoms with Crippen LogP contribution in [0.3, 0.4) is 0 Å². The fourth-order valence-corrected chi connectivity index (χ4v) is 6.72. The van der Waals surface area contributed by atoms with E-state index in [9.17, 15) is 4.79 Å². The number of fused-ring (bicyclic) bond motifs is 1. The highest BCUT2D eigenvalue weighted by atomic mass is 32.1. The van der Waals surface area contributed by atoms with Crippen molar-refractivity contribution >= 4 is 43.4 Å². The van der Waals surface area contributed by atoms with Gasteiger partial charge in [0.15, 0.2) is 0 Å². The molecule has 1 fully saturated rings. The van der Waals surface area contributed by atoms with E-state index >= 15 is 0 Å². The van der Waals surface area contributed by atoms with Crippen molar-refractivity contribution in [2.45, 2.75) is 88.8 Å². The van der Waals surface area contributed by atoms with Gasteiger partial charge >= 0.3 is 0 Å². The number of para-hydroxylation sites is 1. The van der Waals surface area contributed by atoms with E-state index in [1.165, 1.54) is 30.2 Å². The molecule has 41 heavy (non-hydrogen) atoms. The van der Waals surface area contributed by atoms with Crippen molar-refractivity contribution < 1.29 is 9.53 Å². The fourth-order valence-electron chi connectivity index (χ4n) is 6.23. The van der Waals surface area contributed by atoms with Crippen LogP contribution in [0, 0.1) is 5.92 Å². The minimum Gasteiger partial charge on any atom is -0.494 e. The monoisotopic (exact) mass is 576 g/mol. The molecule has 1 heterocycles. The average molecular weight is 577 g/mol. The smallest absolute Gasteiger partial charge is 0.254 e. The molecular formula is C32H44N6O2S. The van der Waals surface area contributed by atoms with Gasteiger partial charge in [-0.05, 0) is 68.4 Å². The molecule has 2 aliphatic carbocycles. The summed E-state index contributed by atoms with van der Waals surface area (Å²) in [5.41, 5.74) is 14.3. The Bertz CT molecular complexity index is 1280. The molecular weight excluding hydrogens is 532 g/mol. The number of hydrogen-bond donors (Lipinski definition) is 4. The molecule has 4 N–H and O–H groups in total. The number of hydrazone groups is 1. The number of benzene rings is 1. The molecule has 1 saturated carbocycles. The summed E-state index contributed by atoms with van der Waals surface area (Å²) in [6, 6.07) is 6.13. The van der Waals surface area contributed by atoms with Gasteiger partial charge in [-0.25, -0.2) is 4.99 Å². The lowest BCUT2D eigenvalue weighted by atomic mass is 9.78. The number of amides is 1. The Hall–Kier alpha value is -3.33. The van der Waals surface area contributed by atoms with E-state index in [0.29, 0.717) is 23.1 Å². The van der Waals surface area contributed by atoms with Crippen molar-refractivity contribution in [2.75, 3.05) is 12.4 Å².